The molecular weight excluding hydrogens is 366 g/mol. The number of thioether (sulfide) groups is 1. The van der Waals surface area contributed by atoms with Crippen LogP contribution in [0.15, 0.2) is 53.4 Å². The predicted molar refractivity (Wildman–Crippen MR) is 109 cm³/mol. The first-order valence-electron chi connectivity index (χ1n) is 8.40. The predicted octanol–water partition coefficient (Wildman–Crippen LogP) is 4.58. The zero-order valence-electron chi connectivity index (χ0n) is 14.9. The summed E-state index contributed by atoms with van der Waals surface area (Å²) in [4.78, 5) is 13.2. The summed E-state index contributed by atoms with van der Waals surface area (Å²) in [5, 5.41) is 3.89. The molecule has 1 amide bonds. The third-order valence-electron chi connectivity index (χ3n) is 3.30. The van der Waals surface area contributed by atoms with Gasteiger partial charge >= 0.3 is 0 Å². The Morgan fingerprint density at radius 1 is 1.15 bits per heavy atom. The van der Waals surface area contributed by atoms with E-state index in [0.29, 0.717) is 29.0 Å². The Kier molecular flexibility index (Phi) is 8.40. The molecule has 2 aromatic rings. The van der Waals surface area contributed by atoms with Crippen LogP contribution in [0.3, 0.4) is 0 Å². The van der Waals surface area contributed by atoms with Crippen LogP contribution in [0.4, 0.5) is 0 Å². The Morgan fingerprint density at radius 3 is 2.58 bits per heavy atom. The minimum Gasteiger partial charge on any atom is -0.479 e. The number of hydrogen-bond donors (Lipinski definition) is 1. The van der Waals surface area contributed by atoms with E-state index in [-0.39, 0.29) is 12.5 Å². The minimum absolute atomic E-state index is 0.0458. The second-order valence-corrected chi connectivity index (χ2v) is 7.89. The van der Waals surface area contributed by atoms with Crippen LogP contribution in [0.5, 0.6) is 5.75 Å². The highest BCUT2D eigenvalue weighted by molar-refractivity contribution is 7.99. The lowest BCUT2D eigenvalue weighted by Gasteiger charge is -2.06. The molecule has 0 saturated heterocycles. The summed E-state index contributed by atoms with van der Waals surface area (Å²) in [6.45, 7) is 4.85. The maximum absolute atomic E-state index is 11.9. The Bertz CT molecular complexity index is 779. The lowest BCUT2D eigenvalue weighted by atomic mass is 10.1. The topological polar surface area (TPSA) is 38.3 Å². The molecule has 2 rings (SSSR count). The highest BCUT2D eigenvalue weighted by Gasteiger charge is 2.03. The smallest absolute Gasteiger partial charge is 0.225 e. The van der Waals surface area contributed by atoms with Crippen LogP contribution in [0, 0.1) is 11.8 Å². The fraction of sp³-hybridized carbons (Fsp3) is 0.286. The van der Waals surface area contributed by atoms with Crippen molar-refractivity contribution in [1.82, 2.24) is 5.32 Å². The third-order valence-corrected chi connectivity index (χ3v) is 4.62. The van der Waals surface area contributed by atoms with E-state index in [1.807, 2.05) is 36.0 Å². The van der Waals surface area contributed by atoms with Gasteiger partial charge in [-0.2, -0.15) is 0 Å². The molecule has 0 radical (unpaired) electrons. The van der Waals surface area contributed by atoms with Crippen LogP contribution in [0.2, 0.25) is 5.02 Å². The molecule has 26 heavy (non-hydrogen) atoms. The number of carbonyl (C=O) groups excluding carboxylic acids is 1. The summed E-state index contributed by atoms with van der Waals surface area (Å²) in [6.07, 6.45) is 0.352. The van der Waals surface area contributed by atoms with E-state index in [1.54, 1.807) is 12.1 Å². The number of rotatable bonds is 7. The molecule has 0 saturated carbocycles. The highest BCUT2D eigenvalue weighted by atomic mass is 35.5. The molecular formula is C21H22ClNO2S. The Balaban J connectivity index is 1.68. The van der Waals surface area contributed by atoms with Gasteiger partial charge in [-0.3, -0.25) is 4.79 Å². The molecule has 0 spiro atoms. The monoisotopic (exact) mass is 387 g/mol. The van der Waals surface area contributed by atoms with Gasteiger partial charge in [0, 0.05) is 10.1 Å². The van der Waals surface area contributed by atoms with Crippen LogP contribution < -0.4 is 10.1 Å². The van der Waals surface area contributed by atoms with Gasteiger partial charge in [-0.1, -0.05) is 61.6 Å². The molecule has 3 nitrogen and oxygen atoms in total. The molecule has 0 atom stereocenters. The first-order chi connectivity index (χ1) is 12.5. The average Bonchev–Trinajstić information content (AvgIpc) is 2.60. The Hall–Kier alpha value is -2.09. The number of carbonyl (C=O) groups is 1. The molecule has 0 aliphatic carbocycles. The molecule has 0 unspecified atom stereocenters. The standard InChI is InChI=1S/C21H22ClNO2S/c1-16(2)26-18-11-9-17(10-12-18)15-21(24)23-13-5-6-14-25-20-8-4-3-7-19(20)22/h3-4,7-12,16H,13-15H2,1-2H3,(H,23,24). The summed E-state index contributed by atoms with van der Waals surface area (Å²) in [5.41, 5.74) is 0.991. The van der Waals surface area contributed by atoms with E-state index in [1.165, 1.54) is 4.90 Å². The van der Waals surface area contributed by atoms with Crippen molar-refractivity contribution >= 4 is 29.3 Å². The largest absolute Gasteiger partial charge is 0.479 e. The van der Waals surface area contributed by atoms with E-state index >= 15 is 0 Å². The van der Waals surface area contributed by atoms with Crippen LogP contribution >= 0.6 is 23.4 Å². The number of hydrogen-bond acceptors (Lipinski definition) is 3. The second kappa shape index (κ2) is 10.8. The number of benzene rings is 2. The molecule has 0 aromatic heterocycles. The molecule has 1 N–H and O–H groups in total. The second-order valence-electron chi connectivity index (χ2n) is 5.84. The quantitative estimate of drug-likeness (QED) is 0.558. The number of nitrogens with one attached hydrogen (secondary N) is 1. The van der Waals surface area contributed by atoms with Crippen LogP contribution in [-0.4, -0.2) is 24.3 Å². The van der Waals surface area contributed by atoms with Crippen molar-refractivity contribution in [3.8, 4) is 17.6 Å². The molecule has 0 aliphatic heterocycles. The van der Waals surface area contributed by atoms with Gasteiger partial charge in [-0.15, -0.1) is 11.8 Å². The first kappa shape index (κ1) is 20.2. The zero-order valence-corrected chi connectivity index (χ0v) is 16.5. The summed E-state index contributed by atoms with van der Waals surface area (Å²) >= 11 is 7.79. The molecule has 0 heterocycles. The van der Waals surface area contributed by atoms with Gasteiger partial charge in [0.1, 0.15) is 12.4 Å². The molecule has 5 heteroatoms. The maximum Gasteiger partial charge on any atom is 0.225 e. The normalized spacial score (nSPS) is 10.2. The minimum atomic E-state index is -0.0458. The third kappa shape index (κ3) is 7.43. The van der Waals surface area contributed by atoms with Crippen molar-refractivity contribution in [1.29, 1.82) is 0 Å². The van der Waals surface area contributed by atoms with Crippen molar-refractivity contribution < 1.29 is 9.53 Å². The van der Waals surface area contributed by atoms with Crippen molar-refractivity contribution in [2.45, 2.75) is 30.4 Å². The van der Waals surface area contributed by atoms with E-state index in [0.717, 1.165) is 5.56 Å². The Morgan fingerprint density at radius 2 is 1.88 bits per heavy atom. The number of ether oxygens (including phenoxy) is 1. The lowest BCUT2D eigenvalue weighted by Crippen LogP contribution is -2.25. The van der Waals surface area contributed by atoms with Gasteiger partial charge in [0.05, 0.1) is 18.0 Å². The van der Waals surface area contributed by atoms with Crippen LogP contribution in [0.1, 0.15) is 19.4 Å². The van der Waals surface area contributed by atoms with Crippen molar-refractivity contribution in [3.05, 3.63) is 59.1 Å². The lowest BCUT2D eigenvalue weighted by molar-refractivity contribution is -0.120. The SMILES string of the molecule is CC(C)Sc1ccc(CC(=O)NCC#CCOc2ccccc2Cl)cc1. The zero-order chi connectivity index (χ0) is 18.8. The van der Waals surface area contributed by atoms with Crippen molar-refractivity contribution in [2.75, 3.05) is 13.2 Å². The van der Waals surface area contributed by atoms with Gasteiger partial charge in [-0.05, 0) is 29.8 Å². The fourth-order valence-electron chi connectivity index (χ4n) is 2.14. The number of para-hydroxylation sites is 1. The molecule has 2 aromatic carbocycles. The summed E-state index contributed by atoms with van der Waals surface area (Å²) in [7, 11) is 0. The maximum atomic E-state index is 11.9. The summed E-state index contributed by atoms with van der Waals surface area (Å²) in [6, 6.07) is 15.3. The van der Waals surface area contributed by atoms with Gasteiger partial charge in [-0.25, -0.2) is 0 Å². The van der Waals surface area contributed by atoms with Gasteiger partial charge in [0.2, 0.25) is 5.91 Å². The first-order valence-corrected chi connectivity index (χ1v) is 9.65. The molecule has 0 aliphatic rings. The average molecular weight is 388 g/mol. The summed E-state index contributed by atoms with van der Waals surface area (Å²) < 4.78 is 5.46. The van der Waals surface area contributed by atoms with E-state index in [2.05, 4.69) is 43.1 Å². The van der Waals surface area contributed by atoms with Gasteiger partial charge in [0.25, 0.3) is 0 Å². The van der Waals surface area contributed by atoms with E-state index in [9.17, 15) is 4.79 Å². The fourth-order valence-corrected chi connectivity index (χ4v) is 3.17. The van der Waals surface area contributed by atoms with Gasteiger partial charge in [0.15, 0.2) is 0 Å². The molecule has 136 valence electrons. The summed E-state index contributed by atoms with van der Waals surface area (Å²) in [5.74, 6) is 6.28. The van der Waals surface area contributed by atoms with E-state index < -0.39 is 0 Å². The van der Waals surface area contributed by atoms with E-state index in [4.69, 9.17) is 16.3 Å². The van der Waals surface area contributed by atoms with Crippen molar-refractivity contribution in [3.63, 3.8) is 0 Å². The number of halogens is 1. The Labute approximate surface area is 164 Å². The molecule has 0 bridgehead atoms. The highest BCUT2D eigenvalue weighted by Crippen LogP contribution is 2.23. The van der Waals surface area contributed by atoms with Crippen LogP contribution in [-0.2, 0) is 11.2 Å². The number of amides is 1. The van der Waals surface area contributed by atoms with Crippen molar-refractivity contribution in [2.24, 2.45) is 0 Å². The van der Waals surface area contributed by atoms with Crippen LogP contribution in [0.25, 0.3) is 0 Å². The molecule has 0 fully saturated rings. The van der Waals surface area contributed by atoms with Gasteiger partial charge < -0.3 is 10.1 Å².